The molecular formula is C11H20N2OS. The van der Waals surface area contributed by atoms with Crippen LogP contribution in [0, 0.1) is 6.92 Å². The zero-order valence-corrected chi connectivity index (χ0v) is 10.6. The van der Waals surface area contributed by atoms with E-state index in [4.69, 9.17) is 4.74 Å². The van der Waals surface area contributed by atoms with Gasteiger partial charge in [0.05, 0.1) is 16.5 Å². The number of nitrogens with zero attached hydrogens (tertiary/aromatic N) is 1. The van der Waals surface area contributed by atoms with Crippen molar-refractivity contribution in [1.82, 2.24) is 10.3 Å². The SMILES string of the molecule is Cc1ncc(COCCCNC(C)C)s1. The Labute approximate surface area is 95.9 Å². The average molecular weight is 228 g/mol. The number of nitrogens with one attached hydrogen (secondary N) is 1. The summed E-state index contributed by atoms with van der Waals surface area (Å²) in [6.45, 7) is 8.87. The Balaban J connectivity index is 1.98. The standard InChI is InChI=1S/C11H20N2OS/c1-9(2)12-5-4-6-14-8-11-7-13-10(3)15-11/h7,9,12H,4-6,8H2,1-3H3. The van der Waals surface area contributed by atoms with Crippen molar-refractivity contribution in [2.75, 3.05) is 13.2 Å². The predicted octanol–water partition coefficient (Wildman–Crippen LogP) is 2.36. The van der Waals surface area contributed by atoms with Gasteiger partial charge in [-0.3, -0.25) is 0 Å². The lowest BCUT2D eigenvalue weighted by atomic mass is 10.3. The lowest BCUT2D eigenvalue weighted by Crippen LogP contribution is -2.24. The minimum absolute atomic E-state index is 0.564. The molecule has 0 atom stereocenters. The van der Waals surface area contributed by atoms with Gasteiger partial charge in [-0.1, -0.05) is 13.8 Å². The minimum atomic E-state index is 0.564. The summed E-state index contributed by atoms with van der Waals surface area (Å²) in [6, 6.07) is 0.564. The molecule has 1 rings (SSSR count). The van der Waals surface area contributed by atoms with Crippen LogP contribution in [-0.4, -0.2) is 24.2 Å². The molecule has 1 aromatic heterocycles. The van der Waals surface area contributed by atoms with E-state index in [0.717, 1.165) is 24.6 Å². The second kappa shape index (κ2) is 6.93. The van der Waals surface area contributed by atoms with Crippen LogP contribution in [0.5, 0.6) is 0 Å². The molecule has 86 valence electrons. The molecular weight excluding hydrogens is 208 g/mol. The van der Waals surface area contributed by atoms with Gasteiger partial charge in [-0.2, -0.15) is 0 Å². The molecule has 15 heavy (non-hydrogen) atoms. The monoisotopic (exact) mass is 228 g/mol. The second-order valence-electron chi connectivity index (χ2n) is 3.86. The van der Waals surface area contributed by atoms with E-state index in [9.17, 15) is 0 Å². The summed E-state index contributed by atoms with van der Waals surface area (Å²) in [5.74, 6) is 0. The third kappa shape index (κ3) is 5.87. The van der Waals surface area contributed by atoms with Crippen molar-refractivity contribution in [2.45, 2.75) is 39.8 Å². The number of thiazole rings is 1. The topological polar surface area (TPSA) is 34.1 Å². The van der Waals surface area contributed by atoms with E-state index in [-0.39, 0.29) is 0 Å². The molecule has 4 heteroatoms. The molecule has 1 aromatic rings. The van der Waals surface area contributed by atoms with Gasteiger partial charge in [-0.05, 0) is 19.9 Å². The van der Waals surface area contributed by atoms with E-state index in [1.165, 1.54) is 4.88 Å². The van der Waals surface area contributed by atoms with Gasteiger partial charge in [0.25, 0.3) is 0 Å². The zero-order valence-electron chi connectivity index (χ0n) is 9.75. The maximum atomic E-state index is 5.55. The summed E-state index contributed by atoms with van der Waals surface area (Å²) < 4.78 is 5.55. The molecule has 0 bridgehead atoms. The molecule has 0 aliphatic rings. The molecule has 0 spiro atoms. The smallest absolute Gasteiger partial charge is 0.0897 e. The number of aryl methyl sites for hydroxylation is 1. The molecule has 0 aromatic carbocycles. The first-order valence-electron chi connectivity index (χ1n) is 5.41. The first-order valence-corrected chi connectivity index (χ1v) is 6.22. The summed E-state index contributed by atoms with van der Waals surface area (Å²) in [7, 11) is 0. The lowest BCUT2D eigenvalue weighted by molar-refractivity contribution is 0.120. The molecule has 0 amide bonds. The van der Waals surface area contributed by atoms with E-state index in [0.29, 0.717) is 12.6 Å². The highest BCUT2D eigenvalue weighted by Crippen LogP contribution is 2.12. The van der Waals surface area contributed by atoms with Gasteiger partial charge >= 0.3 is 0 Å². The highest BCUT2D eigenvalue weighted by molar-refractivity contribution is 7.11. The summed E-state index contributed by atoms with van der Waals surface area (Å²) >= 11 is 1.70. The maximum Gasteiger partial charge on any atom is 0.0897 e. The number of ether oxygens (including phenoxy) is 1. The van der Waals surface area contributed by atoms with Crippen molar-refractivity contribution in [3.63, 3.8) is 0 Å². The van der Waals surface area contributed by atoms with E-state index in [1.807, 2.05) is 13.1 Å². The Morgan fingerprint density at radius 2 is 2.33 bits per heavy atom. The van der Waals surface area contributed by atoms with Crippen LogP contribution in [0.15, 0.2) is 6.20 Å². The highest BCUT2D eigenvalue weighted by atomic mass is 32.1. The Kier molecular flexibility index (Phi) is 5.83. The van der Waals surface area contributed by atoms with Crippen molar-refractivity contribution in [3.05, 3.63) is 16.1 Å². The summed E-state index contributed by atoms with van der Waals surface area (Å²) in [5.41, 5.74) is 0. The van der Waals surface area contributed by atoms with Crippen LogP contribution < -0.4 is 5.32 Å². The fraction of sp³-hybridized carbons (Fsp3) is 0.727. The van der Waals surface area contributed by atoms with Crippen LogP contribution >= 0.6 is 11.3 Å². The van der Waals surface area contributed by atoms with E-state index in [1.54, 1.807) is 11.3 Å². The Morgan fingerprint density at radius 3 is 2.93 bits per heavy atom. The fourth-order valence-electron chi connectivity index (χ4n) is 1.21. The Bertz CT molecular complexity index is 273. The van der Waals surface area contributed by atoms with Crippen molar-refractivity contribution in [2.24, 2.45) is 0 Å². The van der Waals surface area contributed by atoms with E-state index < -0.39 is 0 Å². The highest BCUT2D eigenvalue weighted by Gasteiger charge is 1.98. The fourth-order valence-corrected chi connectivity index (χ4v) is 1.94. The molecule has 1 heterocycles. The lowest BCUT2D eigenvalue weighted by Gasteiger charge is -2.07. The van der Waals surface area contributed by atoms with Gasteiger partial charge in [0, 0.05) is 18.8 Å². The summed E-state index contributed by atoms with van der Waals surface area (Å²) in [6.07, 6.45) is 2.96. The average Bonchev–Trinajstić information content (AvgIpc) is 2.57. The molecule has 0 fully saturated rings. The Hall–Kier alpha value is -0.450. The van der Waals surface area contributed by atoms with Gasteiger partial charge in [0.2, 0.25) is 0 Å². The molecule has 0 radical (unpaired) electrons. The largest absolute Gasteiger partial charge is 0.376 e. The first kappa shape index (κ1) is 12.6. The van der Waals surface area contributed by atoms with Gasteiger partial charge in [0.1, 0.15) is 0 Å². The first-order chi connectivity index (χ1) is 7.18. The predicted molar refractivity (Wildman–Crippen MR) is 64.3 cm³/mol. The number of rotatable bonds is 7. The zero-order chi connectivity index (χ0) is 11.1. The number of hydrogen-bond acceptors (Lipinski definition) is 4. The van der Waals surface area contributed by atoms with Crippen LogP contribution in [0.1, 0.15) is 30.2 Å². The van der Waals surface area contributed by atoms with Crippen molar-refractivity contribution >= 4 is 11.3 Å². The third-order valence-electron chi connectivity index (χ3n) is 1.93. The Morgan fingerprint density at radius 1 is 1.53 bits per heavy atom. The molecule has 3 nitrogen and oxygen atoms in total. The summed E-state index contributed by atoms with van der Waals surface area (Å²) in [4.78, 5) is 5.39. The van der Waals surface area contributed by atoms with Crippen molar-refractivity contribution in [3.8, 4) is 0 Å². The minimum Gasteiger partial charge on any atom is -0.376 e. The molecule has 0 aliphatic carbocycles. The molecule has 0 unspecified atom stereocenters. The van der Waals surface area contributed by atoms with Crippen molar-refractivity contribution < 1.29 is 4.74 Å². The van der Waals surface area contributed by atoms with E-state index >= 15 is 0 Å². The maximum absolute atomic E-state index is 5.55. The van der Waals surface area contributed by atoms with Crippen LogP contribution in [0.4, 0.5) is 0 Å². The second-order valence-corrected chi connectivity index (χ2v) is 5.18. The van der Waals surface area contributed by atoms with Crippen molar-refractivity contribution in [1.29, 1.82) is 0 Å². The number of hydrogen-bond donors (Lipinski definition) is 1. The summed E-state index contributed by atoms with van der Waals surface area (Å²) in [5, 5.41) is 4.47. The molecule has 0 saturated carbocycles. The number of aromatic nitrogens is 1. The van der Waals surface area contributed by atoms with Gasteiger partial charge < -0.3 is 10.1 Å². The molecule has 0 saturated heterocycles. The quantitative estimate of drug-likeness (QED) is 0.727. The van der Waals surface area contributed by atoms with Crippen LogP contribution in [0.2, 0.25) is 0 Å². The van der Waals surface area contributed by atoms with Gasteiger partial charge in [-0.15, -0.1) is 11.3 Å². The van der Waals surface area contributed by atoms with Gasteiger partial charge in [-0.25, -0.2) is 4.98 Å². The molecule has 0 aliphatic heterocycles. The van der Waals surface area contributed by atoms with Crippen LogP contribution in [0.25, 0.3) is 0 Å². The third-order valence-corrected chi connectivity index (χ3v) is 2.82. The van der Waals surface area contributed by atoms with E-state index in [2.05, 4.69) is 24.1 Å². The van der Waals surface area contributed by atoms with Gasteiger partial charge in [0.15, 0.2) is 0 Å². The normalized spacial score (nSPS) is 11.2. The molecule has 1 N–H and O–H groups in total. The van der Waals surface area contributed by atoms with Crippen LogP contribution in [0.3, 0.4) is 0 Å². The van der Waals surface area contributed by atoms with Crippen LogP contribution in [-0.2, 0) is 11.3 Å².